The summed E-state index contributed by atoms with van der Waals surface area (Å²) in [7, 11) is 1.56. The minimum Gasteiger partial charge on any atom is -0.502 e. The van der Waals surface area contributed by atoms with Gasteiger partial charge in [0.05, 0.1) is 24.7 Å². The summed E-state index contributed by atoms with van der Waals surface area (Å²) in [5.74, 6) is -0.307. The molecule has 0 bridgehead atoms. The average Bonchev–Trinajstić information content (AvgIpc) is 2.64. The molecule has 8 heteroatoms. The number of hydrogen-bond donors (Lipinski definition) is 3. The van der Waals surface area contributed by atoms with Gasteiger partial charge in [0.25, 0.3) is 5.56 Å². The van der Waals surface area contributed by atoms with Gasteiger partial charge in [-0.25, -0.2) is 4.98 Å². The van der Waals surface area contributed by atoms with E-state index in [9.17, 15) is 14.7 Å². The van der Waals surface area contributed by atoms with Gasteiger partial charge in [-0.3, -0.25) is 9.59 Å². The minimum absolute atomic E-state index is 0.0350. The summed E-state index contributed by atoms with van der Waals surface area (Å²) in [6.07, 6.45) is -0.0350. The van der Waals surface area contributed by atoms with E-state index in [0.717, 1.165) is 0 Å². The number of benzene rings is 1. The molecule has 0 fully saturated rings. The van der Waals surface area contributed by atoms with Crippen LogP contribution in [0.3, 0.4) is 0 Å². The van der Waals surface area contributed by atoms with Crippen LogP contribution in [0.4, 0.5) is 5.69 Å². The number of hydrogen-bond acceptors (Lipinski definition) is 6. The molecule has 1 aromatic carbocycles. The van der Waals surface area contributed by atoms with Crippen molar-refractivity contribution < 1.29 is 14.6 Å². The molecular formula is C18H14N4O4. The van der Waals surface area contributed by atoms with E-state index < -0.39 is 11.3 Å². The topological polar surface area (TPSA) is 128 Å². The van der Waals surface area contributed by atoms with Crippen LogP contribution >= 0.6 is 0 Å². The molecule has 0 saturated heterocycles. The van der Waals surface area contributed by atoms with Crippen molar-refractivity contribution >= 4 is 22.6 Å². The molecule has 2 aromatic heterocycles. The summed E-state index contributed by atoms with van der Waals surface area (Å²) in [4.78, 5) is 30.4. The maximum Gasteiger partial charge on any atom is 0.292 e. The third-order valence-electron chi connectivity index (χ3n) is 3.72. The Labute approximate surface area is 147 Å². The molecule has 0 saturated carbocycles. The number of anilines is 1. The maximum atomic E-state index is 12.2. The summed E-state index contributed by atoms with van der Waals surface area (Å²) in [5.41, 5.74) is 0.466. The fourth-order valence-corrected chi connectivity index (χ4v) is 2.45. The normalized spacial score (nSPS) is 10.3. The van der Waals surface area contributed by atoms with Gasteiger partial charge in [-0.05, 0) is 36.4 Å². The van der Waals surface area contributed by atoms with E-state index in [-0.39, 0.29) is 23.4 Å². The molecule has 0 spiro atoms. The van der Waals surface area contributed by atoms with Crippen LogP contribution in [0.5, 0.6) is 11.5 Å². The number of methoxy groups -OCH3 is 1. The molecule has 130 valence electrons. The molecule has 0 unspecified atom stereocenters. The predicted molar refractivity (Wildman–Crippen MR) is 94.1 cm³/mol. The van der Waals surface area contributed by atoms with Crippen LogP contribution in [0.2, 0.25) is 0 Å². The Bertz CT molecular complexity index is 1080. The molecule has 0 radical (unpaired) electrons. The largest absolute Gasteiger partial charge is 0.502 e. The first-order valence-electron chi connectivity index (χ1n) is 7.60. The zero-order valence-corrected chi connectivity index (χ0v) is 13.7. The lowest BCUT2D eigenvalue weighted by atomic mass is 10.1. The maximum absolute atomic E-state index is 12.2. The molecular weight excluding hydrogens is 336 g/mol. The Balaban J connectivity index is 1.84. The smallest absolute Gasteiger partial charge is 0.292 e. The summed E-state index contributed by atoms with van der Waals surface area (Å²) < 4.78 is 5.06. The third-order valence-corrected chi connectivity index (χ3v) is 3.72. The van der Waals surface area contributed by atoms with Gasteiger partial charge in [-0.15, -0.1) is 0 Å². The van der Waals surface area contributed by atoms with Gasteiger partial charge in [0.15, 0.2) is 0 Å². The number of aromatic nitrogens is 2. The first-order valence-corrected chi connectivity index (χ1v) is 7.60. The van der Waals surface area contributed by atoms with E-state index in [1.165, 1.54) is 0 Å². The highest BCUT2D eigenvalue weighted by Gasteiger charge is 2.14. The second-order valence-electron chi connectivity index (χ2n) is 5.44. The van der Waals surface area contributed by atoms with Crippen LogP contribution in [0.1, 0.15) is 11.3 Å². The lowest BCUT2D eigenvalue weighted by Gasteiger charge is -2.07. The van der Waals surface area contributed by atoms with Crippen molar-refractivity contribution in [2.24, 2.45) is 0 Å². The second-order valence-corrected chi connectivity index (χ2v) is 5.44. The van der Waals surface area contributed by atoms with Gasteiger partial charge in [0.1, 0.15) is 22.9 Å². The van der Waals surface area contributed by atoms with Crippen LogP contribution in [0.25, 0.3) is 11.0 Å². The van der Waals surface area contributed by atoms with Gasteiger partial charge in [0, 0.05) is 5.69 Å². The third kappa shape index (κ3) is 3.32. The summed E-state index contributed by atoms with van der Waals surface area (Å²) in [6, 6.07) is 11.7. The van der Waals surface area contributed by atoms with Gasteiger partial charge < -0.3 is 20.1 Å². The number of ether oxygens (including phenoxy) is 1. The molecule has 1 amide bonds. The van der Waals surface area contributed by atoms with Crippen molar-refractivity contribution in [1.82, 2.24) is 9.97 Å². The summed E-state index contributed by atoms with van der Waals surface area (Å²) in [6.45, 7) is 0. The number of amides is 1. The van der Waals surface area contributed by atoms with Gasteiger partial charge in [-0.1, -0.05) is 0 Å². The van der Waals surface area contributed by atoms with E-state index >= 15 is 0 Å². The number of rotatable bonds is 4. The number of nitrogens with zero attached hydrogens (tertiary/aromatic N) is 2. The number of aromatic amines is 1. The molecule has 26 heavy (non-hydrogen) atoms. The predicted octanol–water partition coefficient (Wildman–Crippen LogP) is 1.69. The molecule has 8 nitrogen and oxygen atoms in total. The lowest BCUT2D eigenvalue weighted by Crippen LogP contribution is -2.15. The van der Waals surface area contributed by atoms with Crippen LogP contribution in [-0.2, 0) is 11.2 Å². The number of H-pyrrole nitrogens is 1. The number of carbonyl (C=O) groups excluding carboxylic acids is 1. The van der Waals surface area contributed by atoms with Crippen LogP contribution in [0.15, 0.2) is 41.2 Å². The van der Waals surface area contributed by atoms with Crippen molar-refractivity contribution in [3.8, 4) is 17.6 Å². The van der Waals surface area contributed by atoms with Crippen molar-refractivity contribution in [2.75, 3.05) is 12.4 Å². The molecule has 3 N–H and O–H groups in total. The number of carbonyl (C=O) groups is 1. The van der Waals surface area contributed by atoms with E-state index in [2.05, 4.69) is 15.3 Å². The second kappa shape index (κ2) is 6.94. The zero-order valence-electron chi connectivity index (χ0n) is 13.7. The highest BCUT2D eigenvalue weighted by atomic mass is 16.5. The summed E-state index contributed by atoms with van der Waals surface area (Å²) in [5, 5.41) is 21.6. The van der Waals surface area contributed by atoms with Crippen LogP contribution in [-0.4, -0.2) is 28.1 Å². The van der Waals surface area contributed by atoms with E-state index in [1.807, 2.05) is 0 Å². The van der Waals surface area contributed by atoms with E-state index in [0.29, 0.717) is 22.6 Å². The molecule has 0 aliphatic rings. The fourth-order valence-electron chi connectivity index (χ4n) is 2.45. The minimum atomic E-state index is -0.763. The first-order chi connectivity index (χ1) is 12.5. The molecule has 2 heterocycles. The Morgan fingerprint density at radius 2 is 2.04 bits per heavy atom. The Kier molecular flexibility index (Phi) is 4.53. The molecule has 0 aliphatic heterocycles. The molecule has 3 rings (SSSR count). The number of fused-ring (bicyclic) bond motifs is 1. The Hall–Kier alpha value is -3.86. The van der Waals surface area contributed by atoms with Gasteiger partial charge >= 0.3 is 0 Å². The van der Waals surface area contributed by atoms with Crippen LogP contribution in [0, 0.1) is 11.3 Å². The number of aromatic hydroxyl groups is 1. The summed E-state index contributed by atoms with van der Waals surface area (Å²) >= 11 is 0. The standard InChI is InChI=1S/C18H14N4O4/c1-26-12-5-2-10(3-6-12)20-15(23)8-11-4-7-14-16(21-11)13(9-19)17(24)18(25)22-14/h2-7,24H,8H2,1H3,(H,20,23)(H,22,25). The Morgan fingerprint density at radius 1 is 1.31 bits per heavy atom. The first kappa shape index (κ1) is 17.0. The molecule has 3 aromatic rings. The number of nitriles is 1. The lowest BCUT2D eigenvalue weighted by molar-refractivity contribution is -0.115. The van der Waals surface area contributed by atoms with Crippen LogP contribution < -0.4 is 15.6 Å². The fraction of sp³-hybridized carbons (Fsp3) is 0.111. The molecule has 0 aliphatic carbocycles. The quantitative estimate of drug-likeness (QED) is 0.657. The zero-order chi connectivity index (χ0) is 18.7. The SMILES string of the molecule is COc1ccc(NC(=O)Cc2ccc3[nH]c(=O)c(O)c(C#N)c3n2)cc1. The van der Waals surface area contributed by atoms with Crippen molar-refractivity contribution in [1.29, 1.82) is 5.26 Å². The van der Waals surface area contributed by atoms with E-state index in [4.69, 9.17) is 10.00 Å². The van der Waals surface area contributed by atoms with Crippen molar-refractivity contribution in [3.63, 3.8) is 0 Å². The monoisotopic (exact) mass is 350 g/mol. The van der Waals surface area contributed by atoms with Gasteiger partial charge in [0.2, 0.25) is 11.7 Å². The molecule has 0 atom stereocenters. The number of nitrogens with one attached hydrogen (secondary N) is 2. The Morgan fingerprint density at radius 3 is 2.69 bits per heavy atom. The van der Waals surface area contributed by atoms with Gasteiger partial charge in [-0.2, -0.15) is 5.26 Å². The number of pyridine rings is 2. The average molecular weight is 350 g/mol. The van der Waals surface area contributed by atoms with E-state index in [1.54, 1.807) is 49.6 Å². The highest BCUT2D eigenvalue weighted by Crippen LogP contribution is 2.20. The highest BCUT2D eigenvalue weighted by molar-refractivity contribution is 5.92. The van der Waals surface area contributed by atoms with Crippen molar-refractivity contribution in [3.05, 3.63) is 58.0 Å². The van der Waals surface area contributed by atoms with Crippen molar-refractivity contribution in [2.45, 2.75) is 6.42 Å².